The molecule has 0 spiro atoms. The summed E-state index contributed by atoms with van der Waals surface area (Å²) < 4.78 is 0. The molecule has 1 aliphatic carbocycles. The van der Waals surface area contributed by atoms with Crippen molar-refractivity contribution in [3.05, 3.63) is 35.9 Å². The van der Waals surface area contributed by atoms with Crippen molar-refractivity contribution in [3.8, 4) is 0 Å². The van der Waals surface area contributed by atoms with E-state index in [-0.39, 0.29) is 11.3 Å². The molecule has 2 fully saturated rings. The summed E-state index contributed by atoms with van der Waals surface area (Å²) in [5.74, 6) is 1.29. The number of rotatable bonds is 4. The number of carbonyl (C=O) groups excluding carboxylic acids is 1. The molecular formula is C17H23NO. The molecule has 19 heavy (non-hydrogen) atoms. The third-order valence-electron chi connectivity index (χ3n) is 5.03. The van der Waals surface area contributed by atoms with E-state index in [4.69, 9.17) is 0 Å². The minimum atomic E-state index is -0.0769. The molecule has 1 N–H and O–H groups in total. The fourth-order valence-electron chi connectivity index (χ4n) is 3.60. The molecule has 1 aromatic rings. The SMILES string of the molecule is CCC1(C(=O)C2CC2c2ccccc2)CCCNC1. The highest BCUT2D eigenvalue weighted by molar-refractivity contribution is 5.90. The predicted molar refractivity (Wildman–Crippen MR) is 77.1 cm³/mol. The van der Waals surface area contributed by atoms with Crippen LogP contribution in [0.25, 0.3) is 0 Å². The summed E-state index contributed by atoms with van der Waals surface area (Å²) in [6.45, 7) is 4.13. The van der Waals surface area contributed by atoms with Crippen molar-refractivity contribution in [2.45, 2.75) is 38.5 Å². The van der Waals surface area contributed by atoms with Gasteiger partial charge in [0, 0.05) is 17.9 Å². The smallest absolute Gasteiger partial charge is 0.143 e. The number of Topliss-reactive ketones (excluding diaryl/α,β-unsaturated/α-hetero) is 1. The number of benzene rings is 1. The minimum absolute atomic E-state index is 0.0769. The van der Waals surface area contributed by atoms with Gasteiger partial charge in [-0.3, -0.25) is 4.79 Å². The molecule has 1 saturated heterocycles. The highest BCUT2D eigenvalue weighted by Crippen LogP contribution is 2.52. The van der Waals surface area contributed by atoms with E-state index in [9.17, 15) is 4.79 Å². The molecule has 1 heterocycles. The lowest BCUT2D eigenvalue weighted by Crippen LogP contribution is -2.46. The summed E-state index contributed by atoms with van der Waals surface area (Å²) in [7, 11) is 0. The van der Waals surface area contributed by atoms with E-state index in [1.54, 1.807) is 0 Å². The first-order valence-electron chi connectivity index (χ1n) is 7.57. The monoisotopic (exact) mass is 257 g/mol. The van der Waals surface area contributed by atoms with Crippen LogP contribution in [0.5, 0.6) is 0 Å². The van der Waals surface area contributed by atoms with Gasteiger partial charge in [-0.2, -0.15) is 0 Å². The Morgan fingerprint density at radius 2 is 2.16 bits per heavy atom. The molecule has 3 rings (SSSR count). The molecule has 0 bridgehead atoms. The van der Waals surface area contributed by atoms with E-state index in [2.05, 4.69) is 36.5 Å². The lowest BCUT2D eigenvalue weighted by atomic mass is 9.73. The quantitative estimate of drug-likeness (QED) is 0.898. The molecule has 102 valence electrons. The van der Waals surface area contributed by atoms with Crippen molar-refractivity contribution in [1.29, 1.82) is 0 Å². The van der Waals surface area contributed by atoms with Gasteiger partial charge < -0.3 is 5.32 Å². The van der Waals surface area contributed by atoms with Gasteiger partial charge in [-0.25, -0.2) is 0 Å². The Labute approximate surface area is 115 Å². The van der Waals surface area contributed by atoms with Gasteiger partial charge in [-0.1, -0.05) is 37.3 Å². The van der Waals surface area contributed by atoms with E-state index in [1.165, 1.54) is 5.56 Å². The summed E-state index contributed by atoms with van der Waals surface area (Å²) >= 11 is 0. The number of piperidine rings is 1. The Balaban J connectivity index is 1.72. The molecule has 0 amide bonds. The first-order valence-corrected chi connectivity index (χ1v) is 7.57. The minimum Gasteiger partial charge on any atom is -0.316 e. The Hall–Kier alpha value is -1.15. The number of carbonyl (C=O) groups is 1. The van der Waals surface area contributed by atoms with E-state index in [0.29, 0.717) is 11.7 Å². The molecule has 2 aliphatic rings. The van der Waals surface area contributed by atoms with E-state index in [0.717, 1.165) is 38.8 Å². The van der Waals surface area contributed by atoms with Crippen molar-refractivity contribution in [2.24, 2.45) is 11.3 Å². The van der Waals surface area contributed by atoms with Crippen molar-refractivity contribution >= 4 is 5.78 Å². The average molecular weight is 257 g/mol. The highest BCUT2D eigenvalue weighted by Gasteiger charge is 2.51. The van der Waals surface area contributed by atoms with Gasteiger partial charge >= 0.3 is 0 Å². The summed E-state index contributed by atoms with van der Waals surface area (Å²) in [5.41, 5.74) is 1.27. The normalized spacial score (nSPS) is 33.9. The first-order chi connectivity index (χ1) is 9.27. The van der Waals surface area contributed by atoms with Crippen molar-refractivity contribution < 1.29 is 4.79 Å². The zero-order valence-electron chi connectivity index (χ0n) is 11.7. The number of hydrogen-bond donors (Lipinski definition) is 1. The fraction of sp³-hybridized carbons (Fsp3) is 0.588. The van der Waals surface area contributed by atoms with E-state index in [1.807, 2.05) is 6.07 Å². The predicted octanol–water partition coefficient (Wildman–Crippen LogP) is 3.14. The largest absolute Gasteiger partial charge is 0.316 e. The molecule has 3 unspecified atom stereocenters. The zero-order valence-corrected chi connectivity index (χ0v) is 11.7. The Bertz CT molecular complexity index is 448. The first kappa shape index (κ1) is 12.9. The summed E-state index contributed by atoms with van der Waals surface area (Å²) in [4.78, 5) is 12.9. The van der Waals surface area contributed by atoms with Crippen LogP contribution in [-0.4, -0.2) is 18.9 Å². The van der Waals surface area contributed by atoms with E-state index >= 15 is 0 Å². The molecule has 1 aromatic carbocycles. The summed E-state index contributed by atoms with van der Waals surface area (Å²) in [5, 5.41) is 3.42. The molecule has 3 atom stereocenters. The maximum Gasteiger partial charge on any atom is 0.143 e. The molecule has 2 heteroatoms. The lowest BCUT2D eigenvalue weighted by molar-refractivity contribution is -0.131. The zero-order chi connectivity index (χ0) is 13.3. The number of ketones is 1. The second-order valence-corrected chi connectivity index (χ2v) is 6.14. The third kappa shape index (κ3) is 2.34. The van der Waals surface area contributed by atoms with Crippen molar-refractivity contribution in [2.75, 3.05) is 13.1 Å². The van der Waals surface area contributed by atoms with Crippen LogP contribution in [0, 0.1) is 11.3 Å². The molecule has 0 aromatic heterocycles. The molecule has 2 nitrogen and oxygen atoms in total. The summed E-state index contributed by atoms with van der Waals surface area (Å²) in [6.07, 6.45) is 4.26. The second-order valence-electron chi connectivity index (χ2n) is 6.14. The van der Waals surface area contributed by atoms with Crippen LogP contribution in [-0.2, 0) is 4.79 Å². The molecule has 0 radical (unpaired) electrons. The van der Waals surface area contributed by atoms with Gasteiger partial charge in [-0.05, 0) is 43.7 Å². The van der Waals surface area contributed by atoms with Gasteiger partial charge in [0.1, 0.15) is 5.78 Å². The lowest BCUT2D eigenvalue weighted by Gasteiger charge is -2.35. The molecular weight excluding hydrogens is 234 g/mol. The second kappa shape index (κ2) is 5.09. The molecule has 1 saturated carbocycles. The van der Waals surface area contributed by atoms with Gasteiger partial charge in [0.05, 0.1) is 0 Å². The van der Waals surface area contributed by atoms with E-state index < -0.39 is 0 Å². The Kier molecular flexibility index (Phi) is 3.44. The highest BCUT2D eigenvalue weighted by atomic mass is 16.1. The molecule has 1 aliphatic heterocycles. The number of hydrogen-bond acceptors (Lipinski definition) is 2. The van der Waals surface area contributed by atoms with Crippen LogP contribution in [0.15, 0.2) is 30.3 Å². The van der Waals surface area contributed by atoms with Crippen molar-refractivity contribution in [1.82, 2.24) is 5.32 Å². The number of nitrogens with one attached hydrogen (secondary N) is 1. The van der Waals surface area contributed by atoms with Crippen LogP contribution >= 0.6 is 0 Å². The average Bonchev–Trinajstić information content (AvgIpc) is 3.28. The topological polar surface area (TPSA) is 29.1 Å². The standard InChI is InChI=1S/C17H23NO/c1-2-17(9-6-10-18-12-17)16(19)15-11-14(15)13-7-4-3-5-8-13/h3-5,7-8,14-15,18H,2,6,9-12H2,1H3. The summed E-state index contributed by atoms with van der Waals surface area (Å²) in [6, 6.07) is 10.5. The van der Waals surface area contributed by atoms with Crippen LogP contribution < -0.4 is 5.32 Å². The van der Waals surface area contributed by atoms with Gasteiger partial charge in [-0.15, -0.1) is 0 Å². The van der Waals surface area contributed by atoms with Crippen LogP contribution in [0.4, 0.5) is 0 Å². The van der Waals surface area contributed by atoms with Gasteiger partial charge in [0.15, 0.2) is 0 Å². The van der Waals surface area contributed by atoms with Crippen LogP contribution in [0.2, 0.25) is 0 Å². The van der Waals surface area contributed by atoms with Crippen LogP contribution in [0.3, 0.4) is 0 Å². The van der Waals surface area contributed by atoms with Crippen molar-refractivity contribution in [3.63, 3.8) is 0 Å². The maximum absolute atomic E-state index is 12.9. The fourth-order valence-corrected chi connectivity index (χ4v) is 3.60. The Morgan fingerprint density at radius 3 is 2.79 bits per heavy atom. The van der Waals surface area contributed by atoms with Crippen LogP contribution in [0.1, 0.15) is 44.1 Å². The Morgan fingerprint density at radius 1 is 1.37 bits per heavy atom. The van der Waals surface area contributed by atoms with Gasteiger partial charge in [0.2, 0.25) is 0 Å². The van der Waals surface area contributed by atoms with Gasteiger partial charge in [0.25, 0.3) is 0 Å². The maximum atomic E-state index is 12.9. The third-order valence-corrected chi connectivity index (χ3v) is 5.03.